The Labute approximate surface area is 171 Å². The van der Waals surface area contributed by atoms with Crippen LogP contribution in [0.15, 0.2) is 24.3 Å². The SMILES string of the molecule is OCCN1CCCN(c2nc(-c3ccc(F)cc3)nc(C(Cl)(Cl)Cl)n2)CC1. The molecule has 0 amide bonds. The van der Waals surface area contributed by atoms with Gasteiger partial charge in [0.1, 0.15) is 5.82 Å². The van der Waals surface area contributed by atoms with Gasteiger partial charge in [-0.2, -0.15) is 9.97 Å². The first kappa shape index (κ1) is 20.5. The number of aliphatic hydroxyl groups is 1. The second kappa shape index (κ2) is 8.84. The van der Waals surface area contributed by atoms with Gasteiger partial charge in [-0.3, -0.25) is 4.90 Å². The molecule has 0 unspecified atom stereocenters. The van der Waals surface area contributed by atoms with Crippen LogP contribution in [0.25, 0.3) is 11.4 Å². The molecule has 0 aliphatic carbocycles. The molecule has 3 rings (SSSR count). The van der Waals surface area contributed by atoms with E-state index in [-0.39, 0.29) is 18.2 Å². The van der Waals surface area contributed by atoms with Gasteiger partial charge in [0.05, 0.1) is 6.61 Å². The molecule has 2 aromatic rings. The summed E-state index contributed by atoms with van der Waals surface area (Å²) in [5.41, 5.74) is 0.604. The topological polar surface area (TPSA) is 65.4 Å². The molecule has 27 heavy (non-hydrogen) atoms. The second-order valence-electron chi connectivity index (χ2n) is 6.19. The standard InChI is InChI=1S/C17H19Cl3FN5O/c18-17(19,20)15-22-14(12-2-4-13(21)5-3-12)23-16(24-15)26-7-1-6-25(8-9-26)10-11-27/h2-5,27H,1,6-11H2. The Kier molecular flexibility index (Phi) is 6.70. The van der Waals surface area contributed by atoms with Crippen LogP contribution >= 0.6 is 34.8 Å². The summed E-state index contributed by atoms with van der Waals surface area (Å²) in [5.74, 6) is 0.397. The molecule has 0 atom stereocenters. The Morgan fingerprint density at radius 1 is 1.00 bits per heavy atom. The summed E-state index contributed by atoms with van der Waals surface area (Å²) in [6.07, 6.45) is 0.890. The van der Waals surface area contributed by atoms with Crippen molar-refractivity contribution in [3.05, 3.63) is 35.9 Å². The molecular weight excluding hydrogens is 416 g/mol. The number of aromatic nitrogens is 3. The number of β-amino-alcohol motifs (C(OH)–C–C–N with tert-alkyl or cyclic N) is 1. The van der Waals surface area contributed by atoms with Crippen LogP contribution in [-0.4, -0.2) is 64.3 Å². The first-order valence-corrected chi connectivity index (χ1v) is 9.67. The third-order valence-electron chi connectivity index (χ3n) is 4.27. The fourth-order valence-electron chi connectivity index (χ4n) is 2.90. The van der Waals surface area contributed by atoms with E-state index in [1.54, 1.807) is 12.1 Å². The molecule has 6 nitrogen and oxygen atoms in total. The van der Waals surface area contributed by atoms with Crippen LogP contribution in [0, 0.1) is 5.82 Å². The van der Waals surface area contributed by atoms with Crippen LogP contribution in [0.1, 0.15) is 12.2 Å². The van der Waals surface area contributed by atoms with E-state index in [1.807, 2.05) is 4.90 Å². The molecule has 0 radical (unpaired) electrons. The molecule has 1 aromatic heterocycles. The van der Waals surface area contributed by atoms with E-state index < -0.39 is 3.79 Å². The molecule has 1 N–H and O–H groups in total. The van der Waals surface area contributed by atoms with E-state index in [1.165, 1.54) is 12.1 Å². The van der Waals surface area contributed by atoms with Crippen molar-refractivity contribution in [3.8, 4) is 11.4 Å². The van der Waals surface area contributed by atoms with E-state index >= 15 is 0 Å². The van der Waals surface area contributed by atoms with Gasteiger partial charge >= 0.3 is 0 Å². The van der Waals surface area contributed by atoms with Gasteiger partial charge in [-0.25, -0.2) is 9.37 Å². The average Bonchev–Trinajstić information content (AvgIpc) is 2.87. The van der Waals surface area contributed by atoms with E-state index in [0.717, 1.165) is 26.1 Å². The molecule has 1 fully saturated rings. The summed E-state index contributed by atoms with van der Waals surface area (Å²) < 4.78 is 11.4. The zero-order chi connectivity index (χ0) is 19.4. The smallest absolute Gasteiger partial charge is 0.250 e. The molecule has 2 heterocycles. The lowest BCUT2D eigenvalue weighted by atomic mass is 10.2. The first-order valence-electron chi connectivity index (χ1n) is 8.54. The van der Waals surface area contributed by atoms with Gasteiger partial charge in [-0.15, -0.1) is 0 Å². The zero-order valence-corrected chi connectivity index (χ0v) is 16.7. The van der Waals surface area contributed by atoms with Crippen LogP contribution in [-0.2, 0) is 3.79 Å². The molecule has 146 valence electrons. The number of benzene rings is 1. The van der Waals surface area contributed by atoms with E-state index in [2.05, 4.69) is 19.9 Å². The van der Waals surface area contributed by atoms with Gasteiger partial charge in [0.2, 0.25) is 9.74 Å². The summed E-state index contributed by atoms with van der Waals surface area (Å²) in [6.45, 7) is 3.80. The van der Waals surface area contributed by atoms with Crippen molar-refractivity contribution >= 4 is 40.8 Å². The minimum atomic E-state index is -1.80. The predicted octanol–water partition coefficient (Wildman–Crippen LogP) is 3.01. The van der Waals surface area contributed by atoms with E-state index in [4.69, 9.17) is 39.9 Å². The van der Waals surface area contributed by atoms with Gasteiger partial charge in [0.15, 0.2) is 11.6 Å². The molecule has 1 aromatic carbocycles. The van der Waals surface area contributed by atoms with Gasteiger partial charge < -0.3 is 10.0 Å². The molecular formula is C17H19Cl3FN5O. The first-order chi connectivity index (χ1) is 12.9. The monoisotopic (exact) mass is 433 g/mol. The largest absolute Gasteiger partial charge is 0.395 e. The summed E-state index contributed by atoms with van der Waals surface area (Å²) in [6, 6.07) is 5.79. The Morgan fingerprint density at radius 3 is 2.41 bits per heavy atom. The Bertz CT molecular complexity index is 772. The fraction of sp³-hybridized carbons (Fsp3) is 0.471. The van der Waals surface area contributed by atoms with Crippen molar-refractivity contribution in [2.75, 3.05) is 44.2 Å². The highest BCUT2D eigenvalue weighted by Gasteiger charge is 2.30. The number of hydrogen-bond donors (Lipinski definition) is 1. The van der Waals surface area contributed by atoms with E-state index in [0.29, 0.717) is 30.4 Å². The Hall–Kier alpha value is -1.25. The maximum absolute atomic E-state index is 13.2. The second-order valence-corrected chi connectivity index (χ2v) is 8.47. The van der Waals surface area contributed by atoms with Crippen LogP contribution in [0.3, 0.4) is 0 Å². The number of anilines is 1. The van der Waals surface area contributed by atoms with Crippen molar-refractivity contribution in [1.82, 2.24) is 19.9 Å². The van der Waals surface area contributed by atoms with Crippen molar-refractivity contribution in [2.24, 2.45) is 0 Å². The lowest BCUT2D eigenvalue weighted by molar-refractivity contribution is 0.204. The zero-order valence-electron chi connectivity index (χ0n) is 14.5. The predicted molar refractivity (Wildman–Crippen MR) is 105 cm³/mol. The third kappa shape index (κ3) is 5.39. The number of rotatable bonds is 4. The quantitative estimate of drug-likeness (QED) is 0.746. The van der Waals surface area contributed by atoms with Crippen LogP contribution in [0.2, 0.25) is 0 Å². The highest BCUT2D eigenvalue weighted by molar-refractivity contribution is 6.66. The van der Waals surface area contributed by atoms with Crippen LogP contribution in [0.4, 0.5) is 10.3 Å². The molecule has 0 spiro atoms. The number of nitrogens with zero attached hydrogens (tertiary/aromatic N) is 5. The molecule has 0 bridgehead atoms. The number of alkyl halides is 3. The lowest BCUT2D eigenvalue weighted by Crippen LogP contribution is -2.33. The average molecular weight is 435 g/mol. The Morgan fingerprint density at radius 2 is 1.74 bits per heavy atom. The molecule has 1 saturated heterocycles. The maximum atomic E-state index is 13.2. The number of aliphatic hydroxyl groups excluding tert-OH is 1. The molecule has 10 heteroatoms. The third-order valence-corrected chi connectivity index (χ3v) is 4.77. The normalized spacial score (nSPS) is 16.4. The highest BCUT2D eigenvalue weighted by atomic mass is 35.6. The number of hydrogen-bond acceptors (Lipinski definition) is 6. The molecule has 1 aliphatic heterocycles. The van der Waals surface area contributed by atoms with E-state index in [9.17, 15) is 4.39 Å². The van der Waals surface area contributed by atoms with Crippen molar-refractivity contribution in [1.29, 1.82) is 0 Å². The van der Waals surface area contributed by atoms with Crippen molar-refractivity contribution < 1.29 is 9.50 Å². The van der Waals surface area contributed by atoms with Crippen molar-refractivity contribution in [2.45, 2.75) is 10.2 Å². The summed E-state index contributed by atoms with van der Waals surface area (Å²) in [4.78, 5) is 17.3. The summed E-state index contributed by atoms with van der Waals surface area (Å²) in [5, 5.41) is 9.14. The number of halogens is 4. The van der Waals surface area contributed by atoms with Crippen molar-refractivity contribution in [3.63, 3.8) is 0 Å². The molecule has 0 saturated carbocycles. The van der Waals surface area contributed by atoms with Gasteiger partial charge in [0.25, 0.3) is 0 Å². The van der Waals surface area contributed by atoms with Crippen LogP contribution in [0.5, 0.6) is 0 Å². The Balaban J connectivity index is 1.94. The highest BCUT2D eigenvalue weighted by Crippen LogP contribution is 2.37. The fourth-order valence-corrected chi connectivity index (χ4v) is 3.15. The van der Waals surface area contributed by atoms with Gasteiger partial charge in [-0.05, 0) is 37.2 Å². The summed E-state index contributed by atoms with van der Waals surface area (Å²) in [7, 11) is 0. The summed E-state index contributed by atoms with van der Waals surface area (Å²) >= 11 is 18.0. The van der Waals surface area contributed by atoms with Crippen LogP contribution < -0.4 is 4.90 Å². The minimum Gasteiger partial charge on any atom is -0.395 e. The molecule has 1 aliphatic rings. The lowest BCUT2D eigenvalue weighted by Gasteiger charge is -2.23. The minimum absolute atomic E-state index is 0.0216. The maximum Gasteiger partial charge on any atom is 0.250 e. The van der Waals surface area contributed by atoms with Gasteiger partial charge in [0, 0.05) is 31.7 Å². The van der Waals surface area contributed by atoms with Gasteiger partial charge in [-0.1, -0.05) is 34.8 Å².